The Morgan fingerprint density at radius 2 is 1.62 bits per heavy atom. The molecule has 0 spiro atoms. The molecular formula is C28H35N3O2S. The lowest BCUT2D eigenvalue weighted by molar-refractivity contribution is -0.133. The van der Waals surface area contributed by atoms with E-state index >= 15 is 0 Å². The largest absolute Gasteiger partial charge is 0.332 e. The zero-order valence-corrected chi connectivity index (χ0v) is 21.4. The summed E-state index contributed by atoms with van der Waals surface area (Å²) in [6, 6.07) is 19.7. The Hall–Kier alpha value is -3.12. The highest BCUT2D eigenvalue weighted by molar-refractivity contribution is 7.09. The monoisotopic (exact) mass is 477 g/mol. The molecule has 2 aromatic carbocycles. The second-order valence-corrected chi connectivity index (χ2v) is 9.94. The molecule has 0 aliphatic heterocycles. The normalized spacial score (nSPS) is 11.6. The molecule has 0 saturated heterocycles. The highest BCUT2D eigenvalue weighted by atomic mass is 32.1. The zero-order valence-electron chi connectivity index (χ0n) is 20.6. The molecule has 3 amide bonds. The Labute approximate surface area is 207 Å². The van der Waals surface area contributed by atoms with Crippen LogP contribution in [0.15, 0.2) is 66.0 Å². The third-order valence-corrected chi connectivity index (χ3v) is 6.91. The Kier molecular flexibility index (Phi) is 9.28. The number of amides is 3. The molecular weight excluding hydrogens is 442 g/mol. The van der Waals surface area contributed by atoms with Crippen LogP contribution in [0.1, 0.15) is 41.8 Å². The number of rotatable bonds is 10. The topological polar surface area (TPSA) is 52.7 Å². The minimum absolute atomic E-state index is 0.0410. The van der Waals surface area contributed by atoms with Crippen LogP contribution >= 0.6 is 11.3 Å². The molecule has 3 rings (SSSR count). The minimum Gasteiger partial charge on any atom is -0.332 e. The van der Waals surface area contributed by atoms with Crippen LogP contribution in [0.3, 0.4) is 0 Å². The number of aryl methyl sites for hydroxylation is 2. The number of carbonyl (C=O) groups excluding carboxylic acids is 2. The van der Waals surface area contributed by atoms with Crippen LogP contribution in [0.5, 0.6) is 0 Å². The number of urea groups is 1. The Balaban J connectivity index is 1.80. The van der Waals surface area contributed by atoms with Crippen LogP contribution in [0.25, 0.3) is 0 Å². The number of anilines is 1. The van der Waals surface area contributed by atoms with E-state index in [0.717, 1.165) is 33.7 Å². The van der Waals surface area contributed by atoms with E-state index < -0.39 is 0 Å². The first-order valence-electron chi connectivity index (χ1n) is 11.8. The molecule has 1 N–H and O–H groups in total. The quantitative estimate of drug-likeness (QED) is 0.364. The number of nitrogens with zero attached hydrogens (tertiary/aromatic N) is 2. The van der Waals surface area contributed by atoms with Crippen LogP contribution in [-0.4, -0.2) is 34.8 Å². The number of hydrogen-bond donors (Lipinski definition) is 1. The summed E-state index contributed by atoms with van der Waals surface area (Å²) in [4.78, 5) is 31.5. The molecule has 1 aromatic heterocycles. The molecule has 6 heteroatoms. The van der Waals surface area contributed by atoms with E-state index in [4.69, 9.17) is 0 Å². The van der Waals surface area contributed by atoms with Crippen molar-refractivity contribution >= 4 is 29.0 Å². The summed E-state index contributed by atoms with van der Waals surface area (Å²) < 4.78 is 0. The molecule has 1 atom stereocenters. The third kappa shape index (κ3) is 7.19. The number of nitrogens with one attached hydrogen (secondary N) is 1. The van der Waals surface area contributed by atoms with E-state index in [-0.39, 0.29) is 24.4 Å². The van der Waals surface area contributed by atoms with E-state index in [1.807, 2.05) is 84.8 Å². The van der Waals surface area contributed by atoms with Gasteiger partial charge in [0, 0.05) is 23.7 Å². The van der Waals surface area contributed by atoms with Crippen molar-refractivity contribution < 1.29 is 9.59 Å². The molecule has 3 aromatic rings. The van der Waals surface area contributed by atoms with E-state index in [2.05, 4.69) is 19.2 Å². The Morgan fingerprint density at radius 1 is 0.912 bits per heavy atom. The first-order valence-corrected chi connectivity index (χ1v) is 12.7. The van der Waals surface area contributed by atoms with Gasteiger partial charge in [0.2, 0.25) is 5.91 Å². The molecule has 0 aliphatic rings. The molecule has 0 radical (unpaired) electrons. The summed E-state index contributed by atoms with van der Waals surface area (Å²) in [7, 11) is 0. The lowest BCUT2D eigenvalue weighted by Crippen LogP contribution is -2.45. The van der Waals surface area contributed by atoms with Gasteiger partial charge in [0.05, 0.1) is 6.54 Å². The van der Waals surface area contributed by atoms with Crippen LogP contribution in [0.2, 0.25) is 0 Å². The van der Waals surface area contributed by atoms with Crippen molar-refractivity contribution in [2.75, 3.05) is 18.4 Å². The van der Waals surface area contributed by atoms with Gasteiger partial charge in [-0.05, 0) is 47.9 Å². The fourth-order valence-electron chi connectivity index (χ4n) is 3.81. The van der Waals surface area contributed by atoms with Crippen molar-refractivity contribution in [3.8, 4) is 0 Å². The second kappa shape index (κ2) is 12.4. The van der Waals surface area contributed by atoms with Gasteiger partial charge in [-0.2, -0.15) is 0 Å². The average molecular weight is 478 g/mol. The minimum atomic E-state index is -0.234. The number of carbonyl (C=O) groups is 2. The maximum Gasteiger partial charge on any atom is 0.322 e. The number of benzene rings is 2. The summed E-state index contributed by atoms with van der Waals surface area (Å²) >= 11 is 1.64. The van der Waals surface area contributed by atoms with Gasteiger partial charge >= 0.3 is 6.03 Å². The second-order valence-electron chi connectivity index (χ2n) is 8.91. The molecule has 1 heterocycles. The number of thiophene rings is 1. The fourth-order valence-corrected chi connectivity index (χ4v) is 4.53. The summed E-state index contributed by atoms with van der Waals surface area (Å²) in [5.41, 5.74) is 3.90. The van der Waals surface area contributed by atoms with Crippen molar-refractivity contribution in [2.24, 2.45) is 5.92 Å². The molecule has 0 fully saturated rings. The molecule has 0 bridgehead atoms. The van der Waals surface area contributed by atoms with Crippen molar-refractivity contribution in [3.63, 3.8) is 0 Å². The lowest BCUT2D eigenvalue weighted by atomic mass is 10.1. The first kappa shape index (κ1) is 25.5. The highest BCUT2D eigenvalue weighted by Gasteiger charge is 2.24. The predicted octanol–water partition coefficient (Wildman–Crippen LogP) is 6.47. The summed E-state index contributed by atoms with van der Waals surface area (Å²) in [6.07, 6.45) is 0.935. The van der Waals surface area contributed by atoms with Gasteiger partial charge in [-0.25, -0.2) is 4.79 Å². The van der Waals surface area contributed by atoms with Gasteiger partial charge in [0.15, 0.2) is 0 Å². The number of hydrogen-bond acceptors (Lipinski definition) is 3. The van der Waals surface area contributed by atoms with Gasteiger partial charge in [0.1, 0.15) is 6.54 Å². The van der Waals surface area contributed by atoms with Gasteiger partial charge < -0.3 is 15.1 Å². The van der Waals surface area contributed by atoms with E-state index in [1.54, 1.807) is 16.2 Å². The van der Waals surface area contributed by atoms with Gasteiger partial charge in [-0.1, -0.05) is 74.9 Å². The Bertz CT molecular complexity index is 1050. The van der Waals surface area contributed by atoms with Crippen molar-refractivity contribution in [1.82, 2.24) is 9.80 Å². The molecule has 0 aliphatic carbocycles. The van der Waals surface area contributed by atoms with E-state index in [1.165, 1.54) is 0 Å². The maximum atomic E-state index is 13.6. The van der Waals surface area contributed by atoms with Crippen LogP contribution in [0, 0.1) is 19.8 Å². The van der Waals surface area contributed by atoms with E-state index in [0.29, 0.717) is 19.6 Å². The maximum absolute atomic E-state index is 13.6. The highest BCUT2D eigenvalue weighted by Crippen LogP contribution is 2.21. The van der Waals surface area contributed by atoms with Crippen LogP contribution < -0.4 is 5.32 Å². The zero-order chi connectivity index (χ0) is 24.5. The van der Waals surface area contributed by atoms with Crippen LogP contribution in [-0.2, 0) is 17.9 Å². The summed E-state index contributed by atoms with van der Waals surface area (Å²) in [5, 5.41) is 5.09. The molecule has 1 unspecified atom stereocenters. The molecule has 0 saturated carbocycles. The molecule has 180 valence electrons. The lowest BCUT2D eigenvalue weighted by Gasteiger charge is -2.29. The standard InChI is InChI=1S/C28H35N3O2S/c1-5-21(2)17-31(28(33)29-27-22(3)11-9-12-23(27)4)20-26(32)30(19-25-15-10-16-34-25)18-24-13-7-6-8-14-24/h6-16,21H,5,17-20H2,1-4H3,(H,29,33). The SMILES string of the molecule is CCC(C)CN(CC(=O)N(Cc1ccccc1)Cc1cccs1)C(=O)Nc1c(C)cccc1C. The smallest absolute Gasteiger partial charge is 0.322 e. The predicted molar refractivity (Wildman–Crippen MR) is 141 cm³/mol. The van der Waals surface area contributed by atoms with Gasteiger partial charge in [-0.15, -0.1) is 11.3 Å². The first-order chi connectivity index (χ1) is 16.4. The third-order valence-electron chi connectivity index (χ3n) is 6.05. The average Bonchev–Trinajstić information content (AvgIpc) is 3.34. The van der Waals surface area contributed by atoms with Gasteiger partial charge in [0.25, 0.3) is 0 Å². The molecule has 34 heavy (non-hydrogen) atoms. The summed E-state index contributed by atoms with van der Waals surface area (Å²) in [5.74, 6) is 0.230. The van der Waals surface area contributed by atoms with E-state index in [9.17, 15) is 9.59 Å². The number of para-hydroxylation sites is 1. The van der Waals surface area contributed by atoms with Gasteiger partial charge in [-0.3, -0.25) is 4.79 Å². The fraction of sp³-hybridized carbons (Fsp3) is 0.357. The van der Waals surface area contributed by atoms with Crippen molar-refractivity contribution in [3.05, 3.63) is 87.6 Å². The van der Waals surface area contributed by atoms with Crippen molar-refractivity contribution in [2.45, 2.75) is 47.2 Å². The van der Waals surface area contributed by atoms with Crippen molar-refractivity contribution in [1.29, 1.82) is 0 Å². The molecule has 5 nitrogen and oxygen atoms in total. The van der Waals surface area contributed by atoms with Crippen LogP contribution in [0.4, 0.5) is 10.5 Å². The Morgan fingerprint density at radius 3 is 2.24 bits per heavy atom. The summed E-state index contributed by atoms with van der Waals surface area (Å²) in [6.45, 7) is 9.78.